The fraction of sp³-hybridized carbons (Fsp3) is 0.333. The van der Waals surface area contributed by atoms with Crippen molar-refractivity contribution in [1.82, 2.24) is 20.6 Å². The maximum Gasteiger partial charge on any atom is 0.322 e. The van der Waals surface area contributed by atoms with Gasteiger partial charge in [0.1, 0.15) is 11.3 Å². The minimum atomic E-state index is -0.756. The Morgan fingerprint density at radius 1 is 1.12 bits per heavy atom. The number of imide groups is 1. The molecule has 2 aliphatic rings. The Morgan fingerprint density at radius 2 is 1.88 bits per heavy atom. The van der Waals surface area contributed by atoms with Crippen molar-refractivity contribution < 1.29 is 14.3 Å². The fourth-order valence-electron chi connectivity index (χ4n) is 3.40. The number of para-hydroxylation sites is 1. The number of hydrogen-bond acceptors (Lipinski definition) is 6. The molecular formula is C18H19N5O3. The van der Waals surface area contributed by atoms with Gasteiger partial charge in [0.05, 0.1) is 0 Å². The van der Waals surface area contributed by atoms with Gasteiger partial charge in [0.2, 0.25) is 11.8 Å². The largest absolute Gasteiger partial charge is 0.439 e. The van der Waals surface area contributed by atoms with Crippen LogP contribution in [0.4, 0.5) is 10.7 Å². The summed E-state index contributed by atoms with van der Waals surface area (Å²) < 4.78 is 5.72. The van der Waals surface area contributed by atoms with E-state index in [9.17, 15) is 9.59 Å². The minimum Gasteiger partial charge on any atom is -0.439 e. The van der Waals surface area contributed by atoms with Gasteiger partial charge in [-0.05, 0) is 37.8 Å². The van der Waals surface area contributed by atoms with Crippen molar-refractivity contribution in [3.63, 3.8) is 0 Å². The van der Waals surface area contributed by atoms with Crippen molar-refractivity contribution in [2.75, 3.05) is 5.32 Å². The fourth-order valence-corrected chi connectivity index (χ4v) is 3.40. The molecule has 3 amide bonds. The molecule has 1 aromatic carbocycles. The van der Waals surface area contributed by atoms with Gasteiger partial charge in [-0.15, -0.1) is 0 Å². The lowest BCUT2D eigenvalue weighted by molar-refractivity contribution is -0.125. The normalized spacial score (nSPS) is 24.8. The van der Waals surface area contributed by atoms with Crippen LogP contribution in [0.1, 0.15) is 25.7 Å². The van der Waals surface area contributed by atoms with Crippen molar-refractivity contribution in [2.45, 2.75) is 37.3 Å². The molecule has 1 aromatic heterocycles. The molecule has 1 saturated heterocycles. The van der Waals surface area contributed by atoms with Gasteiger partial charge >= 0.3 is 6.03 Å². The number of ether oxygens (including phenoxy) is 1. The van der Waals surface area contributed by atoms with Crippen LogP contribution in [0, 0.1) is 0 Å². The zero-order chi connectivity index (χ0) is 18.0. The SMILES string of the molecule is O=C1NC(=O)C2(CCC(Nc3nccc(Oc4ccccc4)n3)CC2)N1. The van der Waals surface area contributed by atoms with Crippen LogP contribution in [0.25, 0.3) is 0 Å². The van der Waals surface area contributed by atoms with Gasteiger partial charge in [-0.25, -0.2) is 9.78 Å². The van der Waals surface area contributed by atoms with Crippen molar-refractivity contribution in [2.24, 2.45) is 0 Å². The maximum atomic E-state index is 12.0. The summed E-state index contributed by atoms with van der Waals surface area (Å²) in [5.74, 6) is 1.43. The third-order valence-electron chi connectivity index (χ3n) is 4.78. The summed E-state index contributed by atoms with van der Waals surface area (Å²) in [7, 11) is 0. The third kappa shape index (κ3) is 3.30. The molecule has 2 heterocycles. The summed E-state index contributed by atoms with van der Waals surface area (Å²) in [6.45, 7) is 0. The molecule has 134 valence electrons. The number of benzene rings is 1. The van der Waals surface area contributed by atoms with Crippen molar-refractivity contribution in [1.29, 1.82) is 0 Å². The Hall–Kier alpha value is -3.16. The molecule has 0 atom stereocenters. The van der Waals surface area contributed by atoms with E-state index in [0.29, 0.717) is 30.4 Å². The van der Waals surface area contributed by atoms with Crippen LogP contribution in [0.5, 0.6) is 11.6 Å². The Kier molecular flexibility index (Phi) is 4.16. The molecule has 0 radical (unpaired) electrons. The van der Waals surface area contributed by atoms with Crippen LogP contribution in [0.15, 0.2) is 42.6 Å². The lowest BCUT2D eigenvalue weighted by atomic mass is 9.79. The second kappa shape index (κ2) is 6.62. The molecule has 4 rings (SSSR count). The third-order valence-corrected chi connectivity index (χ3v) is 4.78. The summed E-state index contributed by atoms with van der Waals surface area (Å²) in [4.78, 5) is 32.0. The van der Waals surface area contributed by atoms with E-state index in [4.69, 9.17) is 4.74 Å². The number of nitrogens with zero attached hydrogens (tertiary/aromatic N) is 2. The van der Waals surface area contributed by atoms with Crippen molar-refractivity contribution >= 4 is 17.9 Å². The van der Waals surface area contributed by atoms with E-state index in [-0.39, 0.29) is 11.9 Å². The van der Waals surface area contributed by atoms with Crippen molar-refractivity contribution in [3.05, 3.63) is 42.6 Å². The van der Waals surface area contributed by atoms with E-state index in [1.807, 2.05) is 30.3 Å². The van der Waals surface area contributed by atoms with Crippen molar-refractivity contribution in [3.8, 4) is 11.6 Å². The molecule has 2 fully saturated rings. The Balaban J connectivity index is 1.37. The highest BCUT2D eigenvalue weighted by atomic mass is 16.5. The zero-order valence-corrected chi connectivity index (χ0v) is 14.1. The molecule has 26 heavy (non-hydrogen) atoms. The topological polar surface area (TPSA) is 105 Å². The molecule has 3 N–H and O–H groups in total. The van der Waals surface area contributed by atoms with Gasteiger partial charge in [0, 0.05) is 18.3 Å². The second-order valence-corrected chi connectivity index (χ2v) is 6.54. The smallest absolute Gasteiger partial charge is 0.322 e. The molecule has 1 aliphatic carbocycles. The number of anilines is 1. The minimum absolute atomic E-state index is 0.137. The quantitative estimate of drug-likeness (QED) is 0.728. The van der Waals surface area contributed by atoms with Gasteiger partial charge in [-0.2, -0.15) is 4.98 Å². The van der Waals surface area contributed by atoms with E-state index in [2.05, 4.69) is 25.9 Å². The predicted molar refractivity (Wildman–Crippen MR) is 93.8 cm³/mol. The summed E-state index contributed by atoms with van der Waals surface area (Å²) >= 11 is 0. The van der Waals surface area contributed by atoms with Gasteiger partial charge in [0.25, 0.3) is 5.91 Å². The average molecular weight is 353 g/mol. The molecule has 8 heteroatoms. The first kappa shape index (κ1) is 16.3. The molecule has 1 spiro atoms. The number of carbonyl (C=O) groups excluding carboxylic acids is 2. The molecule has 2 aromatic rings. The number of urea groups is 1. The molecule has 0 unspecified atom stereocenters. The molecular weight excluding hydrogens is 334 g/mol. The predicted octanol–water partition coefficient (Wildman–Crippen LogP) is 2.20. The van der Waals surface area contributed by atoms with Crippen LogP contribution in [-0.4, -0.2) is 33.5 Å². The first-order valence-corrected chi connectivity index (χ1v) is 8.59. The molecule has 1 aliphatic heterocycles. The number of aromatic nitrogens is 2. The van der Waals surface area contributed by atoms with Crippen LogP contribution in [0.3, 0.4) is 0 Å². The number of carbonyl (C=O) groups is 2. The van der Waals surface area contributed by atoms with Crippen LogP contribution in [0.2, 0.25) is 0 Å². The standard InChI is InChI=1S/C18H19N5O3/c24-15-18(23-17(25)22-15)9-6-12(7-10-18)20-16-19-11-8-14(21-16)26-13-4-2-1-3-5-13/h1-5,8,11-12H,6-7,9-10H2,(H,19,20,21)(H2,22,23,24,25). The van der Waals surface area contributed by atoms with Crippen LogP contribution < -0.4 is 20.7 Å². The first-order valence-electron chi connectivity index (χ1n) is 8.59. The Labute approximate surface area is 150 Å². The van der Waals surface area contributed by atoms with Gasteiger partial charge in [-0.1, -0.05) is 18.2 Å². The first-order chi connectivity index (χ1) is 12.6. The summed E-state index contributed by atoms with van der Waals surface area (Å²) in [5, 5.41) is 8.38. The van der Waals surface area contributed by atoms with Crippen LogP contribution >= 0.6 is 0 Å². The molecule has 8 nitrogen and oxygen atoms in total. The molecule has 1 saturated carbocycles. The van der Waals surface area contributed by atoms with Crippen LogP contribution in [-0.2, 0) is 4.79 Å². The highest BCUT2D eigenvalue weighted by Gasteiger charge is 2.48. The lowest BCUT2D eigenvalue weighted by Crippen LogP contribution is -2.51. The monoisotopic (exact) mass is 353 g/mol. The summed E-state index contributed by atoms with van der Waals surface area (Å²) in [6.07, 6.45) is 4.29. The van der Waals surface area contributed by atoms with E-state index < -0.39 is 11.6 Å². The number of rotatable bonds is 4. The van der Waals surface area contributed by atoms with E-state index in [1.165, 1.54) is 0 Å². The highest BCUT2D eigenvalue weighted by Crippen LogP contribution is 2.32. The number of nitrogens with one attached hydrogen (secondary N) is 3. The summed E-state index contributed by atoms with van der Waals surface area (Å²) in [5.41, 5.74) is -0.756. The summed E-state index contributed by atoms with van der Waals surface area (Å²) in [6, 6.07) is 10.9. The van der Waals surface area contributed by atoms with Gasteiger partial charge in [0.15, 0.2) is 0 Å². The van der Waals surface area contributed by atoms with E-state index >= 15 is 0 Å². The lowest BCUT2D eigenvalue weighted by Gasteiger charge is -2.34. The van der Waals surface area contributed by atoms with Gasteiger partial charge < -0.3 is 15.4 Å². The van der Waals surface area contributed by atoms with E-state index in [1.54, 1.807) is 12.3 Å². The highest BCUT2D eigenvalue weighted by molar-refractivity contribution is 6.07. The zero-order valence-electron chi connectivity index (χ0n) is 14.1. The Bertz CT molecular complexity index is 819. The van der Waals surface area contributed by atoms with Gasteiger partial charge in [-0.3, -0.25) is 10.1 Å². The number of hydrogen-bond donors (Lipinski definition) is 3. The van der Waals surface area contributed by atoms with E-state index in [0.717, 1.165) is 12.8 Å². The molecule has 0 bridgehead atoms. The second-order valence-electron chi connectivity index (χ2n) is 6.54. The number of amides is 3. The maximum absolute atomic E-state index is 12.0. The average Bonchev–Trinajstić information content (AvgIpc) is 2.91. The Morgan fingerprint density at radius 3 is 2.58 bits per heavy atom.